The Morgan fingerprint density at radius 2 is 2.11 bits per heavy atom. The van der Waals surface area contributed by atoms with Gasteiger partial charge in [0.05, 0.1) is 5.75 Å². The normalized spacial score (nSPS) is 16.2. The Hall–Kier alpha value is -1.92. The highest BCUT2D eigenvalue weighted by Gasteiger charge is 2.24. The average molecular weight is 412 g/mol. The molecule has 2 aromatic heterocycles. The number of amides is 1. The molecule has 146 valence electrons. The van der Waals surface area contributed by atoms with Gasteiger partial charge in [0.15, 0.2) is 0 Å². The number of hydrogen-bond donors (Lipinski definition) is 1. The van der Waals surface area contributed by atoms with Crippen molar-refractivity contribution in [2.75, 3.05) is 11.1 Å². The molecule has 1 amide bonds. The van der Waals surface area contributed by atoms with E-state index in [0.29, 0.717) is 5.75 Å². The highest BCUT2D eigenvalue weighted by atomic mass is 32.2. The van der Waals surface area contributed by atoms with Crippen LogP contribution in [0.15, 0.2) is 23.2 Å². The van der Waals surface area contributed by atoms with Crippen LogP contribution in [0.4, 0.5) is 5.69 Å². The Bertz CT molecular complexity index is 1060. The lowest BCUT2D eigenvalue weighted by molar-refractivity contribution is -0.113. The van der Waals surface area contributed by atoms with Gasteiger partial charge in [-0.25, -0.2) is 9.97 Å². The van der Waals surface area contributed by atoms with Gasteiger partial charge in [0.25, 0.3) is 0 Å². The lowest BCUT2D eigenvalue weighted by Gasteiger charge is -2.18. The van der Waals surface area contributed by atoms with Gasteiger partial charge in [-0.2, -0.15) is 0 Å². The van der Waals surface area contributed by atoms with Crippen LogP contribution in [0.5, 0.6) is 0 Å². The Morgan fingerprint density at radius 3 is 2.93 bits per heavy atom. The Kier molecular flexibility index (Phi) is 5.43. The zero-order chi connectivity index (χ0) is 19.8. The molecule has 0 saturated heterocycles. The fraction of sp³-hybridized carbons (Fsp3) is 0.409. The molecule has 0 unspecified atom stereocenters. The number of carbonyl (C=O) groups is 1. The van der Waals surface area contributed by atoms with E-state index in [9.17, 15) is 4.79 Å². The Balaban J connectivity index is 1.56. The van der Waals surface area contributed by atoms with Crippen LogP contribution >= 0.6 is 23.1 Å². The molecule has 6 heteroatoms. The Labute approximate surface area is 174 Å². The number of fused-ring (bicyclic) bond motifs is 3. The van der Waals surface area contributed by atoms with E-state index < -0.39 is 0 Å². The molecule has 3 aromatic rings. The van der Waals surface area contributed by atoms with Gasteiger partial charge >= 0.3 is 0 Å². The number of anilines is 1. The van der Waals surface area contributed by atoms with E-state index in [-0.39, 0.29) is 5.91 Å². The first-order valence-electron chi connectivity index (χ1n) is 9.70. The van der Waals surface area contributed by atoms with Crippen molar-refractivity contribution in [1.82, 2.24) is 9.97 Å². The van der Waals surface area contributed by atoms with Crippen molar-refractivity contribution >= 4 is 44.9 Å². The SMILES string of the molecule is Cc1nc(SCC(=O)Nc2cccc(C)c2C)c2c3c(sc2n1)C[C@@H](C)CC3. The van der Waals surface area contributed by atoms with E-state index in [4.69, 9.17) is 0 Å². The summed E-state index contributed by atoms with van der Waals surface area (Å²) in [6.07, 6.45) is 3.43. The summed E-state index contributed by atoms with van der Waals surface area (Å²) in [4.78, 5) is 24.5. The van der Waals surface area contributed by atoms with Crippen LogP contribution < -0.4 is 5.32 Å². The number of thioether (sulfide) groups is 1. The van der Waals surface area contributed by atoms with Crippen molar-refractivity contribution in [1.29, 1.82) is 0 Å². The lowest BCUT2D eigenvalue weighted by Crippen LogP contribution is -2.15. The number of benzene rings is 1. The van der Waals surface area contributed by atoms with Crippen molar-refractivity contribution in [3.8, 4) is 0 Å². The first-order chi connectivity index (χ1) is 13.4. The molecule has 4 rings (SSSR count). The van der Waals surface area contributed by atoms with E-state index in [0.717, 1.165) is 45.7 Å². The minimum atomic E-state index is 0.000773. The van der Waals surface area contributed by atoms with Gasteiger partial charge in [-0.05, 0) is 68.7 Å². The monoisotopic (exact) mass is 411 g/mol. The number of aromatic nitrogens is 2. The standard InChI is InChI=1S/C22H25N3OS2/c1-12-8-9-16-18(10-12)28-22-20(16)21(23-15(4)24-22)27-11-19(26)25-17-7-5-6-13(2)14(17)3/h5-7,12H,8-11H2,1-4H3,(H,25,26)/t12-/m0/s1. The molecule has 1 aliphatic rings. The number of hydrogen-bond acceptors (Lipinski definition) is 5. The van der Waals surface area contributed by atoms with Crippen LogP contribution in [0, 0.1) is 26.7 Å². The fourth-order valence-electron chi connectivity index (χ4n) is 3.72. The summed E-state index contributed by atoms with van der Waals surface area (Å²) in [5.74, 6) is 1.85. The van der Waals surface area contributed by atoms with Crippen molar-refractivity contribution in [3.63, 3.8) is 0 Å². The van der Waals surface area contributed by atoms with E-state index >= 15 is 0 Å². The number of thiophene rings is 1. The highest BCUT2D eigenvalue weighted by molar-refractivity contribution is 8.00. The molecule has 0 spiro atoms. The number of carbonyl (C=O) groups excluding carboxylic acids is 1. The molecule has 1 aromatic carbocycles. The molecule has 0 bridgehead atoms. The van der Waals surface area contributed by atoms with Crippen molar-refractivity contribution in [3.05, 3.63) is 45.6 Å². The maximum absolute atomic E-state index is 12.6. The van der Waals surface area contributed by atoms with Crippen LogP contribution in [0.25, 0.3) is 10.2 Å². The van der Waals surface area contributed by atoms with Gasteiger partial charge in [0.1, 0.15) is 15.7 Å². The summed E-state index contributed by atoms with van der Waals surface area (Å²) in [5.41, 5.74) is 4.59. The minimum absolute atomic E-state index is 0.000773. The van der Waals surface area contributed by atoms with Gasteiger partial charge in [0, 0.05) is 16.0 Å². The second kappa shape index (κ2) is 7.84. The molecule has 28 heavy (non-hydrogen) atoms. The maximum atomic E-state index is 12.6. The molecule has 4 nitrogen and oxygen atoms in total. The quantitative estimate of drug-likeness (QED) is 0.457. The summed E-state index contributed by atoms with van der Waals surface area (Å²) in [6, 6.07) is 5.98. The minimum Gasteiger partial charge on any atom is -0.325 e. The van der Waals surface area contributed by atoms with Crippen molar-refractivity contribution in [2.24, 2.45) is 5.92 Å². The van der Waals surface area contributed by atoms with Gasteiger partial charge in [-0.1, -0.05) is 30.8 Å². The predicted molar refractivity (Wildman–Crippen MR) is 119 cm³/mol. The zero-order valence-electron chi connectivity index (χ0n) is 16.8. The van der Waals surface area contributed by atoms with E-state index in [1.807, 2.05) is 37.3 Å². The number of nitrogens with one attached hydrogen (secondary N) is 1. The van der Waals surface area contributed by atoms with E-state index in [1.54, 1.807) is 0 Å². The summed E-state index contributed by atoms with van der Waals surface area (Å²) < 4.78 is 0. The van der Waals surface area contributed by atoms with Crippen LogP contribution in [0.1, 0.15) is 40.7 Å². The lowest BCUT2D eigenvalue weighted by atomic mass is 9.89. The molecule has 0 saturated carbocycles. The zero-order valence-corrected chi connectivity index (χ0v) is 18.4. The summed E-state index contributed by atoms with van der Waals surface area (Å²) in [7, 11) is 0. The topological polar surface area (TPSA) is 54.9 Å². The van der Waals surface area contributed by atoms with E-state index in [2.05, 4.69) is 35.2 Å². The van der Waals surface area contributed by atoms with Gasteiger partial charge in [0.2, 0.25) is 5.91 Å². The highest BCUT2D eigenvalue weighted by Crippen LogP contribution is 2.40. The smallest absolute Gasteiger partial charge is 0.234 e. The largest absolute Gasteiger partial charge is 0.325 e. The summed E-state index contributed by atoms with van der Waals surface area (Å²) in [5, 5.41) is 5.18. The number of aryl methyl sites for hydroxylation is 3. The number of rotatable bonds is 4. The molecule has 0 radical (unpaired) electrons. The molecule has 1 atom stereocenters. The third-order valence-corrected chi connectivity index (χ3v) is 7.58. The summed E-state index contributed by atoms with van der Waals surface area (Å²) >= 11 is 3.33. The molecule has 0 aliphatic heterocycles. The molecular weight excluding hydrogens is 386 g/mol. The fourth-order valence-corrected chi connectivity index (χ4v) is 6.12. The third-order valence-electron chi connectivity index (χ3n) is 5.45. The molecule has 1 N–H and O–H groups in total. The second-order valence-corrected chi connectivity index (χ2v) is 9.74. The van der Waals surface area contributed by atoms with Crippen LogP contribution in [0.2, 0.25) is 0 Å². The second-order valence-electron chi connectivity index (χ2n) is 7.69. The average Bonchev–Trinajstić information content (AvgIpc) is 3.00. The predicted octanol–water partition coefficient (Wildman–Crippen LogP) is 5.47. The summed E-state index contributed by atoms with van der Waals surface area (Å²) in [6.45, 7) is 8.34. The van der Waals surface area contributed by atoms with Gasteiger partial charge in [-0.3, -0.25) is 4.79 Å². The van der Waals surface area contributed by atoms with Crippen LogP contribution in [0.3, 0.4) is 0 Å². The van der Waals surface area contributed by atoms with Crippen molar-refractivity contribution in [2.45, 2.75) is 52.0 Å². The molecule has 0 fully saturated rings. The molecule has 1 aliphatic carbocycles. The van der Waals surface area contributed by atoms with Gasteiger partial charge < -0.3 is 5.32 Å². The third kappa shape index (κ3) is 3.80. The van der Waals surface area contributed by atoms with Crippen LogP contribution in [-0.2, 0) is 17.6 Å². The van der Waals surface area contributed by atoms with E-state index in [1.165, 1.54) is 39.6 Å². The van der Waals surface area contributed by atoms with Crippen LogP contribution in [-0.4, -0.2) is 21.6 Å². The molecule has 2 heterocycles. The maximum Gasteiger partial charge on any atom is 0.234 e. The first kappa shape index (κ1) is 19.4. The van der Waals surface area contributed by atoms with Gasteiger partial charge in [-0.15, -0.1) is 11.3 Å². The van der Waals surface area contributed by atoms with Crippen molar-refractivity contribution < 1.29 is 4.79 Å². The molecular formula is C22H25N3OS2. The Morgan fingerprint density at radius 1 is 1.29 bits per heavy atom. The first-order valence-corrected chi connectivity index (χ1v) is 11.5. The number of nitrogens with zero attached hydrogens (tertiary/aromatic N) is 2.